The molecule has 0 aromatic heterocycles. The Morgan fingerprint density at radius 2 is 1.61 bits per heavy atom. The van der Waals surface area contributed by atoms with Gasteiger partial charge in [-0.05, 0) is 60.1 Å². The normalized spacial score (nSPS) is 11.0. The second-order valence-corrected chi connectivity index (χ2v) is 6.83. The van der Waals surface area contributed by atoms with Crippen molar-refractivity contribution in [3.63, 3.8) is 0 Å². The van der Waals surface area contributed by atoms with E-state index in [-0.39, 0.29) is 0 Å². The number of benzene rings is 3. The Morgan fingerprint density at radius 1 is 0.857 bits per heavy atom. The van der Waals surface area contributed by atoms with Crippen LogP contribution in [0.1, 0.15) is 11.1 Å². The van der Waals surface area contributed by atoms with E-state index in [2.05, 4.69) is 18.0 Å². The molecule has 3 aromatic rings. The van der Waals surface area contributed by atoms with E-state index in [4.69, 9.17) is 14.2 Å². The Hall–Kier alpha value is -2.92. The predicted octanol–water partition coefficient (Wildman–Crippen LogP) is 4.25. The van der Waals surface area contributed by atoms with Gasteiger partial charge >= 0.3 is 0 Å². The van der Waals surface area contributed by atoms with Crippen LogP contribution in [0.25, 0.3) is 10.8 Å². The van der Waals surface area contributed by atoms with Crippen LogP contribution in [0.2, 0.25) is 0 Å². The van der Waals surface area contributed by atoms with Crippen molar-refractivity contribution in [2.75, 3.05) is 34.9 Å². The van der Waals surface area contributed by atoms with Crippen molar-refractivity contribution in [3.8, 4) is 23.0 Å². The summed E-state index contributed by atoms with van der Waals surface area (Å²) in [7, 11) is 6.99. The SMILES string of the molecule is COc1ccc2ccc(O)c(CN(C)CCc3ccc(OC)c(OC)c3)c2c1. The van der Waals surface area contributed by atoms with Crippen LogP contribution in [0.4, 0.5) is 0 Å². The lowest BCUT2D eigenvalue weighted by atomic mass is 10.0. The summed E-state index contributed by atoms with van der Waals surface area (Å²) in [4.78, 5) is 2.20. The van der Waals surface area contributed by atoms with Crippen LogP contribution in [-0.4, -0.2) is 44.9 Å². The van der Waals surface area contributed by atoms with Gasteiger partial charge in [-0.25, -0.2) is 0 Å². The topological polar surface area (TPSA) is 51.2 Å². The van der Waals surface area contributed by atoms with Crippen molar-refractivity contribution >= 4 is 10.8 Å². The number of ether oxygens (including phenoxy) is 3. The van der Waals surface area contributed by atoms with E-state index in [1.54, 1.807) is 27.4 Å². The van der Waals surface area contributed by atoms with Crippen molar-refractivity contribution in [3.05, 3.63) is 59.7 Å². The minimum Gasteiger partial charge on any atom is -0.508 e. The highest BCUT2D eigenvalue weighted by Gasteiger charge is 2.12. The molecular weight excluding hydrogens is 354 g/mol. The van der Waals surface area contributed by atoms with Crippen LogP contribution < -0.4 is 14.2 Å². The molecular formula is C23H27NO4. The first-order valence-corrected chi connectivity index (χ1v) is 9.23. The lowest BCUT2D eigenvalue weighted by molar-refractivity contribution is 0.324. The molecule has 0 atom stereocenters. The summed E-state index contributed by atoms with van der Waals surface area (Å²) < 4.78 is 16.0. The maximum atomic E-state index is 10.4. The number of rotatable bonds is 8. The Labute approximate surface area is 166 Å². The third kappa shape index (κ3) is 4.31. The number of hydrogen-bond acceptors (Lipinski definition) is 5. The Kier molecular flexibility index (Phi) is 6.26. The van der Waals surface area contributed by atoms with Crippen molar-refractivity contribution in [2.45, 2.75) is 13.0 Å². The summed E-state index contributed by atoms with van der Waals surface area (Å²) in [5.74, 6) is 2.56. The Morgan fingerprint density at radius 3 is 2.32 bits per heavy atom. The zero-order chi connectivity index (χ0) is 20.1. The van der Waals surface area contributed by atoms with Gasteiger partial charge in [0.2, 0.25) is 0 Å². The van der Waals surface area contributed by atoms with Gasteiger partial charge in [0.05, 0.1) is 21.3 Å². The van der Waals surface area contributed by atoms with Crippen molar-refractivity contribution in [1.29, 1.82) is 0 Å². The van der Waals surface area contributed by atoms with E-state index in [0.717, 1.165) is 46.6 Å². The van der Waals surface area contributed by atoms with Gasteiger partial charge in [-0.15, -0.1) is 0 Å². The van der Waals surface area contributed by atoms with E-state index in [0.29, 0.717) is 12.3 Å². The van der Waals surface area contributed by atoms with E-state index >= 15 is 0 Å². The molecule has 0 spiro atoms. The van der Waals surface area contributed by atoms with Crippen LogP contribution in [-0.2, 0) is 13.0 Å². The molecule has 148 valence electrons. The molecule has 0 aliphatic carbocycles. The van der Waals surface area contributed by atoms with Crippen LogP contribution in [0.3, 0.4) is 0 Å². The molecule has 5 nitrogen and oxygen atoms in total. The highest BCUT2D eigenvalue weighted by Crippen LogP contribution is 2.31. The van der Waals surface area contributed by atoms with Gasteiger partial charge in [-0.3, -0.25) is 0 Å². The zero-order valence-electron chi connectivity index (χ0n) is 16.9. The number of phenols is 1. The maximum Gasteiger partial charge on any atom is 0.160 e. The number of nitrogens with zero attached hydrogens (tertiary/aromatic N) is 1. The second kappa shape index (κ2) is 8.85. The fourth-order valence-corrected chi connectivity index (χ4v) is 3.35. The maximum absolute atomic E-state index is 10.4. The summed E-state index contributed by atoms with van der Waals surface area (Å²) >= 11 is 0. The highest BCUT2D eigenvalue weighted by molar-refractivity contribution is 5.88. The Bertz CT molecular complexity index is 955. The first-order valence-electron chi connectivity index (χ1n) is 9.23. The van der Waals surface area contributed by atoms with Gasteiger partial charge in [-0.1, -0.05) is 18.2 Å². The van der Waals surface area contributed by atoms with E-state index < -0.39 is 0 Å². The molecule has 3 rings (SSSR count). The Balaban J connectivity index is 1.74. The minimum atomic E-state index is 0.304. The average molecular weight is 381 g/mol. The minimum absolute atomic E-state index is 0.304. The van der Waals surface area contributed by atoms with Crippen molar-refractivity contribution in [1.82, 2.24) is 4.90 Å². The lowest BCUT2D eigenvalue weighted by Gasteiger charge is -2.19. The third-order valence-electron chi connectivity index (χ3n) is 4.97. The monoisotopic (exact) mass is 381 g/mol. The van der Waals surface area contributed by atoms with Crippen molar-refractivity contribution < 1.29 is 19.3 Å². The van der Waals surface area contributed by atoms with E-state index in [1.807, 2.05) is 36.4 Å². The number of phenolic OH excluding ortho intramolecular Hbond substituents is 1. The van der Waals surface area contributed by atoms with Gasteiger partial charge < -0.3 is 24.2 Å². The van der Waals surface area contributed by atoms with Gasteiger partial charge in [0.25, 0.3) is 0 Å². The van der Waals surface area contributed by atoms with E-state index in [9.17, 15) is 5.11 Å². The number of aromatic hydroxyl groups is 1. The number of fused-ring (bicyclic) bond motifs is 1. The van der Waals surface area contributed by atoms with Crippen LogP contribution in [0.15, 0.2) is 48.5 Å². The molecule has 0 radical (unpaired) electrons. The third-order valence-corrected chi connectivity index (χ3v) is 4.97. The van der Waals surface area contributed by atoms with Gasteiger partial charge in [0.1, 0.15) is 11.5 Å². The summed E-state index contributed by atoms with van der Waals surface area (Å²) in [5, 5.41) is 12.5. The molecule has 5 heteroatoms. The standard InChI is InChI=1S/C23H27NO4/c1-24(12-11-16-5-10-22(27-3)23(13-16)28-4)15-20-19-14-18(26-2)8-6-17(19)7-9-21(20)25/h5-10,13-14,25H,11-12,15H2,1-4H3. The van der Waals surface area contributed by atoms with Crippen LogP contribution >= 0.6 is 0 Å². The van der Waals surface area contributed by atoms with E-state index in [1.165, 1.54) is 5.56 Å². The zero-order valence-corrected chi connectivity index (χ0v) is 16.9. The number of hydrogen-bond donors (Lipinski definition) is 1. The molecule has 0 amide bonds. The fourth-order valence-electron chi connectivity index (χ4n) is 3.35. The number of methoxy groups -OCH3 is 3. The molecule has 0 saturated heterocycles. The summed E-state index contributed by atoms with van der Waals surface area (Å²) in [5.41, 5.74) is 2.08. The van der Waals surface area contributed by atoms with Gasteiger partial charge in [-0.2, -0.15) is 0 Å². The van der Waals surface area contributed by atoms with Crippen LogP contribution in [0.5, 0.6) is 23.0 Å². The summed E-state index contributed by atoms with van der Waals surface area (Å²) in [6, 6.07) is 15.6. The lowest BCUT2D eigenvalue weighted by Crippen LogP contribution is -2.21. The molecule has 0 fully saturated rings. The predicted molar refractivity (Wildman–Crippen MR) is 112 cm³/mol. The van der Waals surface area contributed by atoms with Gasteiger partial charge in [0, 0.05) is 18.7 Å². The average Bonchev–Trinajstić information content (AvgIpc) is 2.73. The molecule has 28 heavy (non-hydrogen) atoms. The molecule has 0 bridgehead atoms. The molecule has 3 aromatic carbocycles. The smallest absolute Gasteiger partial charge is 0.160 e. The molecule has 1 N–H and O–H groups in total. The van der Waals surface area contributed by atoms with Crippen molar-refractivity contribution in [2.24, 2.45) is 0 Å². The molecule has 0 heterocycles. The van der Waals surface area contributed by atoms with Gasteiger partial charge in [0.15, 0.2) is 11.5 Å². The van der Waals surface area contributed by atoms with Crippen LogP contribution in [0, 0.1) is 0 Å². The first kappa shape index (κ1) is 19.8. The molecule has 0 aliphatic heterocycles. The molecule has 0 aliphatic rings. The molecule has 0 saturated carbocycles. The first-order chi connectivity index (χ1) is 13.5. The second-order valence-electron chi connectivity index (χ2n) is 6.83. The highest BCUT2D eigenvalue weighted by atomic mass is 16.5. The quantitative estimate of drug-likeness (QED) is 0.632. The summed E-state index contributed by atoms with van der Waals surface area (Å²) in [6.45, 7) is 1.49. The molecule has 0 unspecified atom stereocenters. The summed E-state index contributed by atoms with van der Waals surface area (Å²) in [6.07, 6.45) is 0.867. The fraction of sp³-hybridized carbons (Fsp3) is 0.304. The largest absolute Gasteiger partial charge is 0.508 e. The number of likely N-dealkylation sites (N-methyl/N-ethyl adjacent to an activating group) is 1.